The highest BCUT2D eigenvalue weighted by Crippen LogP contribution is 2.31. The van der Waals surface area contributed by atoms with Crippen LogP contribution in [0.25, 0.3) is 66.8 Å². The van der Waals surface area contributed by atoms with Gasteiger partial charge in [-0.2, -0.15) is 10.5 Å². The number of H-pyrrole nitrogens is 1. The molecule has 0 aliphatic carbocycles. The van der Waals surface area contributed by atoms with Crippen LogP contribution in [-0.4, -0.2) is 49.7 Å². The second kappa shape index (κ2) is 23.3. The minimum atomic E-state index is -0.0692. The third-order valence-electron chi connectivity index (χ3n) is 13.9. The van der Waals surface area contributed by atoms with E-state index in [0.29, 0.717) is 58.6 Å². The van der Waals surface area contributed by atoms with E-state index in [1.807, 2.05) is 154 Å². The van der Waals surface area contributed by atoms with Crippen molar-refractivity contribution in [2.75, 3.05) is 0 Å². The molecule has 11 aromatic rings. The lowest BCUT2D eigenvalue weighted by molar-refractivity contribution is 0.729. The zero-order chi connectivity index (χ0) is 53.3. The van der Waals surface area contributed by atoms with Gasteiger partial charge >= 0.3 is 0 Å². The Morgan fingerprint density at radius 3 is 1.44 bits per heavy atom. The fourth-order valence-corrected chi connectivity index (χ4v) is 9.87. The number of pyridine rings is 2. The highest BCUT2D eigenvalue weighted by Gasteiger charge is 2.20. The predicted molar refractivity (Wildman–Crippen MR) is 304 cm³/mol. The van der Waals surface area contributed by atoms with Crippen molar-refractivity contribution < 1.29 is 0 Å². The first-order chi connectivity index (χ1) is 37.7. The molecule has 13 heteroatoms. The van der Waals surface area contributed by atoms with Crippen molar-refractivity contribution in [2.24, 2.45) is 0 Å². The molecule has 0 unspecified atom stereocenters. The second-order valence-electron chi connectivity index (χ2n) is 19.1. The molecule has 13 nitrogen and oxygen atoms in total. The molecule has 380 valence electrons. The van der Waals surface area contributed by atoms with E-state index in [9.17, 15) is 14.9 Å². The van der Waals surface area contributed by atoms with Crippen molar-refractivity contribution in [3.05, 3.63) is 242 Å². The maximum atomic E-state index is 14.0. The molecule has 0 saturated carbocycles. The van der Waals surface area contributed by atoms with Crippen LogP contribution in [0.5, 0.6) is 0 Å². The molecule has 0 amide bonds. The zero-order valence-electron chi connectivity index (χ0n) is 43.6. The van der Waals surface area contributed by atoms with Gasteiger partial charge in [0.2, 0.25) is 5.82 Å². The molecule has 1 N–H and O–H groups in total. The highest BCUT2D eigenvalue weighted by atomic mass is 16.1. The van der Waals surface area contributed by atoms with Crippen LogP contribution in [-0.2, 0) is 25.7 Å². The molecule has 0 aliphatic heterocycles. The van der Waals surface area contributed by atoms with Gasteiger partial charge in [-0.25, -0.2) is 29.1 Å². The summed E-state index contributed by atoms with van der Waals surface area (Å²) in [6.45, 7) is 8.05. The molecule has 0 aliphatic rings. The smallest absolute Gasteiger partial charge is 0.263 e. The van der Waals surface area contributed by atoms with Gasteiger partial charge in [-0.3, -0.25) is 9.59 Å². The van der Waals surface area contributed by atoms with E-state index in [2.05, 4.69) is 74.8 Å². The number of aromatic amines is 1. The van der Waals surface area contributed by atoms with E-state index < -0.39 is 0 Å². The quantitative estimate of drug-likeness (QED) is 0.104. The Morgan fingerprint density at radius 1 is 0.532 bits per heavy atom. The van der Waals surface area contributed by atoms with Gasteiger partial charge in [0.05, 0.1) is 23.0 Å². The van der Waals surface area contributed by atoms with Gasteiger partial charge < -0.3 is 0 Å². The first kappa shape index (κ1) is 51.0. The molecule has 0 atom stereocenters. The normalized spacial score (nSPS) is 11.1. The summed E-state index contributed by atoms with van der Waals surface area (Å²) < 4.78 is 3.28. The number of fused-ring (bicyclic) bond motifs is 2. The lowest BCUT2D eigenvalue weighted by Gasteiger charge is -2.16. The third-order valence-corrected chi connectivity index (χ3v) is 13.9. The second-order valence-corrected chi connectivity index (χ2v) is 19.1. The number of nitrogens with one attached hydrogen (secondary N) is 1. The summed E-state index contributed by atoms with van der Waals surface area (Å²) in [6.07, 6.45) is 10.1. The number of rotatable bonds is 15. The third kappa shape index (κ3) is 11.1. The lowest BCUT2D eigenvalue weighted by Crippen LogP contribution is -2.29. The Bertz CT molecular complexity index is 4050. The van der Waals surface area contributed by atoms with E-state index in [0.717, 1.165) is 110 Å². The van der Waals surface area contributed by atoms with Crippen molar-refractivity contribution in [1.29, 1.82) is 5.26 Å². The molecule has 0 spiro atoms. The minimum absolute atomic E-state index is 0.0621. The predicted octanol–water partition coefficient (Wildman–Crippen LogP) is 12.4. The summed E-state index contributed by atoms with van der Waals surface area (Å²) in [4.78, 5) is 47.0. The summed E-state index contributed by atoms with van der Waals surface area (Å²) in [5.74, 6) is 3.02. The van der Waals surface area contributed by atoms with Gasteiger partial charge in [-0.05, 0) is 107 Å². The number of hydrogen-bond donors (Lipinski definition) is 1. The maximum absolute atomic E-state index is 14.0. The maximum Gasteiger partial charge on any atom is 0.263 e. The van der Waals surface area contributed by atoms with E-state index in [-0.39, 0.29) is 11.1 Å². The number of unbranched alkanes of at least 4 members (excludes halogenated alkanes) is 2. The summed E-state index contributed by atoms with van der Waals surface area (Å²) in [5.41, 5.74) is 10.6. The van der Waals surface area contributed by atoms with Crippen LogP contribution >= 0.6 is 0 Å². The van der Waals surface area contributed by atoms with Crippen LogP contribution < -0.4 is 11.1 Å². The topological polar surface area (TPSA) is 174 Å². The first-order valence-corrected chi connectivity index (χ1v) is 26.1. The standard InChI is InChI=1S/C32H29N7O.C32H28N4O/c1-3-4-13-29-28(32(40)39(21(2)34-29)30-19-24-9-5-6-10-25(24)20-33-30)18-22-14-16-23(17-15-22)26-11-7-8-12-27(26)31-35-37-38-36-31;1-3-4-13-30-29(18-23-14-16-24(17-15-23)28-12-8-7-10-26(28)20-33)32(37)36(22(2)35-30)31-19-25-9-5-6-11-27(25)21-34-31/h5-12,14-17,19-20H,3-4,13,18H2,1-2H3,(H,35,36,37,38);5-12,14-17,19,21H,3-4,13,18H2,1-2H3. The van der Waals surface area contributed by atoms with Crippen LogP contribution in [0.1, 0.15) is 90.4 Å². The van der Waals surface area contributed by atoms with Crippen molar-refractivity contribution >= 4 is 21.5 Å². The minimum Gasteiger partial charge on any atom is -0.268 e. The van der Waals surface area contributed by atoms with Gasteiger partial charge in [0.25, 0.3) is 11.1 Å². The summed E-state index contributed by atoms with van der Waals surface area (Å²) >= 11 is 0. The Labute approximate surface area is 446 Å². The van der Waals surface area contributed by atoms with Gasteiger partial charge in [0.15, 0.2) is 0 Å². The highest BCUT2D eigenvalue weighted by molar-refractivity contribution is 5.84. The molecule has 0 fully saturated rings. The van der Waals surface area contributed by atoms with Crippen LogP contribution in [0.15, 0.2) is 180 Å². The van der Waals surface area contributed by atoms with Crippen LogP contribution in [0.3, 0.4) is 0 Å². The van der Waals surface area contributed by atoms with Crippen LogP contribution in [0, 0.1) is 25.2 Å². The number of hydrogen-bond acceptors (Lipinski definition) is 10. The SMILES string of the molecule is CCCCc1nc(C)n(-c2cc3ccccc3cn2)c(=O)c1Cc1ccc(-c2ccccc2-c2nn[nH]n2)cc1.CCCCc1nc(C)n(-c2cc3ccccc3cn2)c(=O)c1Cc1ccc(-c2ccccc2C#N)cc1. The number of nitriles is 1. The van der Waals surface area contributed by atoms with Gasteiger partial charge in [0, 0.05) is 52.7 Å². The lowest BCUT2D eigenvalue weighted by atomic mass is 9.96. The van der Waals surface area contributed by atoms with E-state index in [1.54, 1.807) is 15.3 Å². The van der Waals surface area contributed by atoms with E-state index >= 15 is 0 Å². The van der Waals surface area contributed by atoms with Crippen molar-refractivity contribution in [1.82, 2.24) is 49.7 Å². The van der Waals surface area contributed by atoms with Crippen LogP contribution in [0.4, 0.5) is 0 Å². The number of tetrazole rings is 1. The van der Waals surface area contributed by atoms with E-state index in [1.165, 1.54) is 0 Å². The summed E-state index contributed by atoms with van der Waals surface area (Å²) in [7, 11) is 0. The number of nitrogens with zero attached hydrogens (tertiary/aromatic N) is 10. The Balaban J connectivity index is 0.000000175. The molecule has 77 heavy (non-hydrogen) atoms. The molecule has 0 bridgehead atoms. The average molecular weight is 1010 g/mol. The molecule has 0 saturated heterocycles. The van der Waals surface area contributed by atoms with Crippen molar-refractivity contribution in [3.63, 3.8) is 0 Å². The van der Waals surface area contributed by atoms with Gasteiger partial charge in [-0.15, -0.1) is 10.2 Å². The fraction of sp³-hybridized carbons (Fsp3) is 0.188. The van der Waals surface area contributed by atoms with Crippen LogP contribution in [0.2, 0.25) is 0 Å². The molecule has 11 rings (SSSR count). The Kier molecular flexibility index (Phi) is 15.4. The zero-order valence-corrected chi connectivity index (χ0v) is 43.6. The molecule has 5 aromatic heterocycles. The molecular weight excluding hydrogens is 955 g/mol. The fourth-order valence-electron chi connectivity index (χ4n) is 9.87. The molecule has 0 radical (unpaired) electrons. The largest absolute Gasteiger partial charge is 0.268 e. The number of aromatic nitrogens is 10. The van der Waals surface area contributed by atoms with E-state index in [4.69, 9.17) is 9.97 Å². The Morgan fingerprint density at radius 2 is 0.974 bits per heavy atom. The van der Waals surface area contributed by atoms with Crippen molar-refractivity contribution in [3.8, 4) is 51.3 Å². The number of aryl methyl sites for hydroxylation is 4. The monoisotopic (exact) mass is 1010 g/mol. The molecular formula is C64H57N11O2. The van der Waals surface area contributed by atoms with Gasteiger partial charge in [0.1, 0.15) is 23.3 Å². The van der Waals surface area contributed by atoms with Crippen molar-refractivity contribution in [2.45, 2.75) is 79.1 Å². The average Bonchev–Trinajstić information content (AvgIpc) is 4.04. The first-order valence-electron chi connectivity index (χ1n) is 26.1. The van der Waals surface area contributed by atoms with Gasteiger partial charge in [-0.1, -0.05) is 166 Å². The summed E-state index contributed by atoms with van der Waals surface area (Å²) in [5, 5.41) is 28.1. The number of benzene rings is 6. The summed E-state index contributed by atoms with van der Waals surface area (Å²) in [6, 6.07) is 54.1. The molecule has 6 aromatic carbocycles. The molecule has 5 heterocycles. The Hall–Kier alpha value is -9.54.